The fourth-order valence-electron chi connectivity index (χ4n) is 3.49. The Morgan fingerprint density at radius 1 is 0.708 bits per heavy atom. The minimum absolute atomic E-state index is 0.211. The van der Waals surface area contributed by atoms with Crippen molar-refractivity contribution in [2.24, 2.45) is 0 Å². The monoisotopic (exact) mass is 311 g/mol. The van der Waals surface area contributed by atoms with Crippen molar-refractivity contribution in [2.75, 3.05) is 0 Å². The molecule has 1 aromatic heterocycles. The van der Waals surface area contributed by atoms with Crippen LogP contribution in [-0.2, 0) is 0 Å². The number of aromatic amines is 1. The van der Waals surface area contributed by atoms with Crippen molar-refractivity contribution in [1.82, 2.24) is 4.98 Å². The Hall–Kier alpha value is -3.33. The van der Waals surface area contributed by atoms with E-state index in [9.17, 15) is 9.90 Å². The summed E-state index contributed by atoms with van der Waals surface area (Å²) in [6, 6.07) is 21.5. The first-order chi connectivity index (χ1) is 11.7. The second-order valence-electron chi connectivity index (χ2n) is 6.06. The molecule has 0 saturated carbocycles. The van der Waals surface area contributed by atoms with Gasteiger partial charge < -0.3 is 10.1 Å². The molecule has 24 heavy (non-hydrogen) atoms. The van der Waals surface area contributed by atoms with Gasteiger partial charge in [0.1, 0.15) is 0 Å². The van der Waals surface area contributed by atoms with E-state index >= 15 is 0 Å². The summed E-state index contributed by atoms with van der Waals surface area (Å²) in [7, 11) is 0. The summed E-state index contributed by atoms with van der Waals surface area (Å²) in [6.07, 6.45) is 0. The van der Waals surface area contributed by atoms with E-state index in [0.717, 1.165) is 27.2 Å². The highest BCUT2D eigenvalue weighted by atomic mass is 16.3. The lowest BCUT2D eigenvalue weighted by atomic mass is 10.0. The minimum Gasteiger partial charge on any atom is -0.504 e. The second kappa shape index (κ2) is 4.59. The standard InChI is InChI=1S/C21H13NO2/c23-19-10-8-15-16(21(19)24)7-9-18-17(15)11-13-6-5-12-3-1-2-4-14(12)20(13)22-18/h1-11,22-23H. The van der Waals surface area contributed by atoms with E-state index in [4.69, 9.17) is 0 Å². The average Bonchev–Trinajstić information content (AvgIpc) is 2.63. The van der Waals surface area contributed by atoms with E-state index < -0.39 is 0 Å². The lowest BCUT2D eigenvalue weighted by molar-refractivity contribution is 0.471. The molecule has 0 radical (unpaired) electrons. The fraction of sp³-hybridized carbons (Fsp3) is 0. The Bertz CT molecular complexity index is 1330. The van der Waals surface area contributed by atoms with Crippen LogP contribution in [0.2, 0.25) is 0 Å². The molecule has 0 atom stereocenters. The zero-order valence-electron chi connectivity index (χ0n) is 12.7. The predicted molar refractivity (Wildman–Crippen MR) is 98.8 cm³/mol. The topological polar surface area (TPSA) is 53.1 Å². The largest absolute Gasteiger partial charge is 0.504 e. The van der Waals surface area contributed by atoms with Gasteiger partial charge in [-0.1, -0.05) is 36.4 Å². The summed E-state index contributed by atoms with van der Waals surface area (Å²) in [4.78, 5) is 15.7. The highest BCUT2D eigenvalue weighted by Gasteiger charge is 2.09. The number of aromatic hydroxyl groups is 1. The first-order valence-electron chi connectivity index (χ1n) is 7.81. The van der Waals surface area contributed by atoms with Crippen molar-refractivity contribution in [3.05, 3.63) is 77.0 Å². The van der Waals surface area contributed by atoms with Crippen molar-refractivity contribution in [2.45, 2.75) is 0 Å². The second-order valence-corrected chi connectivity index (χ2v) is 6.06. The van der Waals surface area contributed by atoms with E-state index in [1.54, 1.807) is 12.1 Å². The number of pyridine rings is 1. The molecule has 0 aliphatic heterocycles. The summed E-state index contributed by atoms with van der Waals surface area (Å²) in [6.45, 7) is 0. The van der Waals surface area contributed by atoms with Crippen LogP contribution in [0.5, 0.6) is 5.75 Å². The summed E-state index contributed by atoms with van der Waals surface area (Å²) >= 11 is 0. The molecule has 2 N–H and O–H groups in total. The highest BCUT2D eigenvalue weighted by molar-refractivity contribution is 6.14. The molecule has 0 aliphatic rings. The summed E-state index contributed by atoms with van der Waals surface area (Å²) < 4.78 is 0. The van der Waals surface area contributed by atoms with Crippen molar-refractivity contribution >= 4 is 43.4 Å². The molecule has 0 bridgehead atoms. The van der Waals surface area contributed by atoms with Crippen LogP contribution in [0.15, 0.2) is 71.5 Å². The van der Waals surface area contributed by atoms with Gasteiger partial charge in [-0.25, -0.2) is 0 Å². The SMILES string of the molecule is O=c1c(O)ccc2c1ccc1[nH]c3c(ccc4ccccc43)cc12. The van der Waals surface area contributed by atoms with Gasteiger partial charge in [0.15, 0.2) is 5.75 Å². The Morgan fingerprint density at radius 2 is 1.50 bits per heavy atom. The Morgan fingerprint density at radius 3 is 2.42 bits per heavy atom. The number of aromatic nitrogens is 1. The first-order valence-corrected chi connectivity index (χ1v) is 7.81. The summed E-state index contributed by atoms with van der Waals surface area (Å²) in [5.41, 5.74) is 1.73. The number of phenolic OH excluding ortho intramolecular Hbond substituents is 1. The maximum absolute atomic E-state index is 12.2. The van der Waals surface area contributed by atoms with Crippen molar-refractivity contribution in [1.29, 1.82) is 0 Å². The number of benzene rings is 4. The molecule has 5 aromatic rings. The molecule has 1 heterocycles. The zero-order chi connectivity index (χ0) is 16.3. The number of rotatable bonds is 0. The molecular formula is C21H13NO2. The Labute approximate surface area is 136 Å². The van der Waals surface area contributed by atoms with Gasteiger partial charge in [-0.05, 0) is 46.5 Å². The van der Waals surface area contributed by atoms with Crippen molar-refractivity contribution in [3.63, 3.8) is 0 Å². The normalized spacial score (nSPS) is 11.7. The molecule has 3 nitrogen and oxygen atoms in total. The van der Waals surface area contributed by atoms with Gasteiger partial charge in [-0.15, -0.1) is 0 Å². The zero-order valence-corrected chi connectivity index (χ0v) is 12.7. The van der Waals surface area contributed by atoms with Crippen LogP contribution in [0.1, 0.15) is 0 Å². The van der Waals surface area contributed by atoms with Crippen LogP contribution in [-0.4, -0.2) is 10.1 Å². The van der Waals surface area contributed by atoms with Gasteiger partial charge >= 0.3 is 0 Å². The lowest BCUT2D eigenvalue weighted by Crippen LogP contribution is -2.00. The number of hydrogen-bond donors (Lipinski definition) is 2. The maximum atomic E-state index is 12.2. The number of hydrogen-bond acceptors (Lipinski definition) is 2. The first kappa shape index (κ1) is 13.1. The quantitative estimate of drug-likeness (QED) is 0.322. The number of fused-ring (bicyclic) bond motifs is 6. The Kier molecular flexibility index (Phi) is 2.51. The third-order valence-corrected chi connectivity index (χ3v) is 4.69. The minimum atomic E-state index is -0.326. The third-order valence-electron chi connectivity index (χ3n) is 4.69. The molecule has 114 valence electrons. The maximum Gasteiger partial charge on any atom is 0.227 e. The van der Waals surface area contributed by atoms with Crippen LogP contribution in [0, 0.1) is 0 Å². The van der Waals surface area contributed by atoms with Crippen LogP contribution >= 0.6 is 0 Å². The fourth-order valence-corrected chi connectivity index (χ4v) is 3.49. The smallest absolute Gasteiger partial charge is 0.227 e. The Balaban J connectivity index is 2.00. The molecule has 0 saturated heterocycles. The predicted octanol–water partition coefficient (Wildman–Crippen LogP) is 4.69. The summed E-state index contributed by atoms with van der Waals surface area (Å²) in [5, 5.41) is 15.5. The molecule has 4 aromatic carbocycles. The lowest BCUT2D eigenvalue weighted by Gasteiger charge is -2.09. The molecule has 0 fully saturated rings. The average molecular weight is 311 g/mol. The molecule has 3 heteroatoms. The van der Waals surface area contributed by atoms with Gasteiger partial charge in [0.05, 0.1) is 5.52 Å². The number of nitrogens with one attached hydrogen (secondary N) is 1. The third kappa shape index (κ3) is 1.69. The molecular weight excluding hydrogens is 298 g/mol. The van der Waals surface area contributed by atoms with Crippen LogP contribution in [0.25, 0.3) is 43.4 Å². The number of H-pyrrole nitrogens is 1. The van der Waals surface area contributed by atoms with Gasteiger partial charge in [0, 0.05) is 21.7 Å². The van der Waals surface area contributed by atoms with E-state index in [1.165, 1.54) is 16.8 Å². The summed E-state index contributed by atoms with van der Waals surface area (Å²) in [5.74, 6) is -0.211. The van der Waals surface area contributed by atoms with E-state index in [2.05, 4.69) is 35.3 Å². The van der Waals surface area contributed by atoms with Crippen LogP contribution < -0.4 is 5.43 Å². The molecule has 0 aliphatic carbocycles. The van der Waals surface area contributed by atoms with Crippen molar-refractivity contribution < 1.29 is 5.11 Å². The van der Waals surface area contributed by atoms with Gasteiger partial charge in [0.2, 0.25) is 5.43 Å². The highest BCUT2D eigenvalue weighted by Crippen LogP contribution is 2.30. The van der Waals surface area contributed by atoms with E-state index in [-0.39, 0.29) is 11.2 Å². The molecule has 0 spiro atoms. The van der Waals surface area contributed by atoms with Gasteiger partial charge in [0.25, 0.3) is 0 Å². The number of phenols is 1. The van der Waals surface area contributed by atoms with Crippen LogP contribution in [0.3, 0.4) is 0 Å². The van der Waals surface area contributed by atoms with Gasteiger partial charge in [-0.2, -0.15) is 0 Å². The molecule has 0 amide bonds. The van der Waals surface area contributed by atoms with Gasteiger partial charge in [-0.3, -0.25) is 4.79 Å². The van der Waals surface area contributed by atoms with Crippen LogP contribution in [0.4, 0.5) is 0 Å². The molecule has 5 rings (SSSR count). The molecule has 0 unspecified atom stereocenters. The van der Waals surface area contributed by atoms with E-state index in [0.29, 0.717) is 5.39 Å². The van der Waals surface area contributed by atoms with E-state index in [1.807, 2.05) is 18.2 Å². The van der Waals surface area contributed by atoms with Crippen molar-refractivity contribution in [3.8, 4) is 5.75 Å².